The van der Waals surface area contributed by atoms with Crippen LogP contribution in [0.3, 0.4) is 0 Å². The average Bonchev–Trinajstić information content (AvgIpc) is 3.32. The molecule has 2 fully saturated rings. The Morgan fingerprint density at radius 3 is 2.57 bits per heavy atom. The van der Waals surface area contributed by atoms with E-state index in [2.05, 4.69) is 20.6 Å². The predicted octanol–water partition coefficient (Wildman–Crippen LogP) is 1.02. The first kappa shape index (κ1) is 20.6. The zero-order valence-corrected chi connectivity index (χ0v) is 16.9. The Kier molecular flexibility index (Phi) is 6.46. The van der Waals surface area contributed by atoms with Crippen molar-refractivity contribution in [2.45, 2.75) is 24.3 Å². The number of thioether (sulfide) groups is 1. The summed E-state index contributed by atoms with van der Waals surface area (Å²) >= 11 is 1.06. The van der Waals surface area contributed by atoms with Crippen LogP contribution in [0.25, 0.3) is 11.3 Å². The second-order valence-electron chi connectivity index (χ2n) is 7.04. The van der Waals surface area contributed by atoms with E-state index in [4.69, 9.17) is 14.6 Å². The molecule has 0 bridgehead atoms. The van der Waals surface area contributed by atoms with Gasteiger partial charge in [-0.15, -0.1) is 11.8 Å². The Bertz CT molecular complexity index is 900. The zero-order chi connectivity index (χ0) is 20.9. The summed E-state index contributed by atoms with van der Waals surface area (Å²) in [5, 5.41) is 14.8. The van der Waals surface area contributed by atoms with Crippen LogP contribution >= 0.6 is 11.8 Å². The van der Waals surface area contributed by atoms with Crippen LogP contribution in [0.15, 0.2) is 42.6 Å². The summed E-state index contributed by atoms with van der Waals surface area (Å²) < 4.78 is 11.7. The van der Waals surface area contributed by atoms with Gasteiger partial charge in [0, 0.05) is 11.8 Å². The lowest BCUT2D eigenvalue weighted by atomic mass is 10.1. The lowest BCUT2D eigenvalue weighted by Gasteiger charge is -2.18. The molecule has 3 N–H and O–H groups in total. The molecule has 1 amide bonds. The molecule has 4 atom stereocenters. The first-order valence-corrected chi connectivity index (χ1v) is 10.7. The number of nitrogens with one attached hydrogen (secondary N) is 2. The van der Waals surface area contributed by atoms with Crippen molar-refractivity contribution in [2.24, 2.45) is 0 Å². The highest BCUT2D eigenvalue weighted by Crippen LogP contribution is 2.29. The maximum Gasteiger partial charge on any atom is 0.313 e. The van der Waals surface area contributed by atoms with Crippen LogP contribution in [0.1, 0.15) is 0 Å². The van der Waals surface area contributed by atoms with E-state index in [0.717, 1.165) is 23.0 Å². The van der Waals surface area contributed by atoms with Gasteiger partial charge >= 0.3 is 5.97 Å². The number of aromatic nitrogens is 2. The van der Waals surface area contributed by atoms with Crippen molar-refractivity contribution >= 4 is 29.6 Å². The van der Waals surface area contributed by atoms with Crippen LogP contribution < -0.4 is 10.6 Å². The van der Waals surface area contributed by atoms with Crippen molar-refractivity contribution in [1.82, 2.24) is 15.3 Å². The smallest absolute Gasteiger partial charge is 0.313 e. The van der Waals surface area contributed by atoms with Crippen molar-refractivity contribution in [3.05, 3.63) is 42.6 Å². The molecule has 158 valence electrons. The Hall–Kier alpha value is -2.69. The number of nitrogens with zero attached hydrogens (tertiary/aromatic N) is 2. The molecule has 0 aliphatic carbocycles. The molecule has 2 aliphatic rings. The number of hydrogen-bond donors (Lipinski definition) is 3. The molecule has 3 heterocycles. The van der Waals surface area contributed by atoms with Crippen LogP contribution in [0.2, 0.25) is 0 Å². The van der Waals surface area contributed by atoms with E-state index in [1.807, 2.05) is 36.4 Å². The van der Waals surface area contributed by atoms with Gasteiger partial charge in [0.05, 0.1) is 42.5 Å². The molecule has 4 rings (SSSR count). The van der Waals surface area contributed by atoms with Gasteiger partial charge in [0.25, 0.3) is 0 Å². The summed E-state index contributed by atoms with van der Waals surface area (Å²) in [6, 6.07) is 11.3. The molecule has 0 spiro atoms. The summed E-state index contributed by atoms with van der Waals surface area (Å²) in [5.74, 6) is -0.697. The number of carboxylic acids is 1. The summed E-state index contributed by atoms with van der Waals surface area (Å²) in [4.78, 5) is 31.5. The van der Waals surface area contributed by atoms with E-state index in [0.29, 0.717) is 19.2 Å². The fourth-order valence-corrected chi connectivity index (χ4v) is 4.14. The third-order valence-corrected chi connectivity index (χ3v) is 5.82. The molecule has 0 radical (unpaired) electrons. The topological polar surface area (TPSA) is 123 Å². The monoisotopic (exact) mass is 430 g/mol. The van der Waals surface area contributed by atoms with Crippen LogP contribution in [0.4, 0.5) is 5.95 Å². The lowest BCUT2D eigenvalue weighted by molar-refractivity contribution is -0.133. The highest BCUT2D eigenvalue weighted by molar-refractivity contribution is 8.00. The summed E-state index contributed by atoms with van der Waals surface area (Å²) in [5.41, 5.74) is 1.82. The van der Waals surface area contributed by atoms with Crippen molar-refractivity contribution < 1.29 is 24.2 Å². The number of aliphatic carboxylic acids is 1. The van der Waals surface area contributed by atoms with Gasteiger partial charge in [-0.1, -0.05) is 30.3 Å². The van der Waals surface area contributed by atoms with E-state index >= 15 is 0 Å². The van der Waals surface area contributed by atoms with Gasteiger partial charge in [0.1, 0.15) is 12.2 Å². The minimum absolute atomic E-state index is 0.0853. The van der Waals surface area contributed by atoms with E-state index in [9.17, 15) is 9.59 Å². The lowest BCUT2D eigenvalue weighted by Crippen LogP contribution is -2.45. The van der Waals surface area contributed by atoms with Gasteiger partial charge < -0.3 is 25.2 Å². The largest absolute Gasteiger partial charge is 0.481 e. The molecular weight excluding hydrogens is 408 g/mol. The normalized spacial score (nSPS) is 24.9. The molecule has 2 aliphatic heterocycles. The van der Waals surface area contributed by atoms with Crippen LogP contribution in [0.5, 0.6) is 0 Å². The third-order valence-electron chi connectivity index (χ3n) is 4.90. The summed E-state index contributed by atoms with van der Waals surface area (Å²) in [7, 11) is 0. The standard InChI is InChI=1S/C20H22N4O5S/c25-16(10-30-11-17(26)27)22-14-8-28-19-15(9-29-18(14)19)24-20-21-7-6-13(23-20)12-4-2-1-3-5-12/h1-7,14-15,18-19H,8-11H2,(H,22,25)(H,26,27)(H,21,23,24)/t14-,15-,18+,19+/m0/s1. The molecule has 2 aromatic rings. The maximum atomic E-state index is 12.0. The quantitative estimate of drug-likeness (QED) is 0.563. The minimum Gasteiger partial charge on any atom is -0.481 e. The Morgan fingerprint density at radius 1 is 1.07 bits per heavy atom. The number of fused-ring (bicyclic) bond motifs is 1. The van der Waals surface area contributed by atoms with Crippen LogP contribution in [-0.4, -0.2) is 76.0 Å². The minimum atomic E-state index is -0.941. The second-order valence-corrected chi connectivity index (χ2v) is 8.02. The molecule has 0 unspecified atom stereocenters. The summed E-state index contributed by atoms with van der Waals surface area (Å²) in [6.45, 7) is 0.752. The van der Waals surface area contributed by atoms with E-state index < -0.39 is 5.97 Å². The number of anilines is 1. The average molecular weight is 430 g/mol. The van der Waals surface area contributed by atoms with Gasteiger partial charge in [-0.05, 0) is 6.07 Å². The maximum absolute atomic E-state index is 12.0. The number of carbonyl (C=O) groups excluding carboxylic acids is 1. The van der Waals surface area contributed by atoms with E-state index in [1.54, 1.807) is 6.20 Å². The molecule has 10 heteroatoms. The number of amides is 1. The molecule has 2 saturated heterocycles. The number of hydrogen-bond acceptors (Lipinski definition) is 8. The van der Waals surface area contributed by atoms with Gasteiger partial charge in [-0.25, -0.2) is 9.97 Å². The first-order chi connectivity index (χ1) is 14.6. The highest BCUT2D eigenvalue weighted by atomic mass is 32.2. The number of carboxylic acid groups (broad SMARTS) is 1. The van der Waals surface area contributed by atoms with Gasteiger partial charge in [-0.2, -0.15) is 0 Å². The molecule has 1 aromatic heterocycles. The fraction of sp³-hybridized carbons (Fsp3) is 0.400. The van der Waals surface area contributed by atoms with Gasteiger partial charge in [0.2, 0.25) is 11.9 Å². The second kappa shape index (κ2) is 9.41. The van der Waals surface area contributed by atoms with Crippen molar-refractivity contribution in [2.75, 3.05) is 30.0 Å². The number of ether oxygens (including phenoxy) is 2. The van der Waals surface area contributed by atoms with Crippen molar-refractivity contribution in [3.8, 4) is 11.3 Å². The van der Waals surface area contributed by atoms with Crippen molar-refractivity contribution in [3.63, 3.8) is 0 Å². The van der Waals surface area contributed by atoms with E-state index in [-0.39, 0.29) is 41.7 Å². The molecular formula is C20H22N4O5S. The fourth-order valence-electron chi connectivity index (χ4n) is 3.59. The van der Waals surface area contributed by atoms with Gasteiger partial charge in [-0.3, -0.25) is 9.59 Å². The predicted molar refractivity (Wildman–Crippen MR) is 111 cm³/mol. The van der Waals surface area contributed by atoms with Crippen LogP contribution in [-0.2, 0) is 19.1 Å². The third kappa shape index (κ3) is 4.89. The molecule has 30 heavy (non-hydrogen) atoms. The van der Waals surface area contributed by atoms with Gasteiger partial charge in [0.15, 0.2) is 0 Å². The Morgan fingerprint density at radius 2 is 1.80 bits per heavy atom. The first-order valence-electron chi connectivity index (χ1n) is 9.57. The Labute approximate surface area is 177 Å². The molecule has 9 nitrogen and oxygen atoms in total. The van der Waals surface area contributed by atoms with Crippen LogP contribution in [0, 0.1) is 0 Å². The zero-order valence-electron chi connectivity index (χ0n) is 16.1. The highest BCUT2D eigenvalue weighted by Gasteiger charge is 2.48. The Balaban J connectivity index is 1.33. The summed E-state index contributed by atoms with van der Waals surface area (Å²) in [6.07, 6.45) is 1.21. The van der Waals surface area contributed by atoms with E-state index in [1.165, 1.54) is 0 Å². The SMILES string of the molecule is O=C(O)CSCC(=O)N[C@H]1CO[C@H]2[C@@H]1OC[C@@H]2Nc1nccc(-c2ccccc2)n1. The van der Waals surface area contributed by atoms with Crippen molar-refractivity contribution in [1.29, 1.82) is 0 Å². The number of rotatable bonds is 8. The molecule has 0 saturated carbocycles. The number of benzene rings is 1. The molecule has 1 aromatic carbocycles. The number of carbonyl (C=O) groups is 2.